The van der Waals surface area contributed by atoms with E-state index in [2.05, 4.69) is 16.0 Å². The number of ether oxygens (including phenoxy) is 2. The van der Waals surface area contributed by atoms with Crippen molar-refractivity contribution in [1.82, 2.24) is 5.32 Å². The Labute approximate surface area is 200 Å². The van der Waals surface area contributed by atoms with E-state index in [1.54, 1.807) is 48.5 Å². The van der Waals surface area contributed by atoms with Crippen molar-refractivity contribution in [3.63, 3.8) is 0 Å². The van der Waals surface area contributed by atoms with E-state index in [9.17, 15) is 9.59 Å². The van der Waals surface area contributed by atoms with Gasteiger partial charge in [0.1, 0.15) is 24.7 Å². The Morgan fingerprint density at radius 1 is 0.735 bits per heavy atom. The van der Waals surface area contributed by atoms with Gasteiger partial charge in [0, 0.05) is 22.5 Å². The summed E-state index contributed by atoms with van der Waals surface area (Å²) in [6.07, 6.45) is 0. The number of carbonyl (C=O) groups excluding carboxylic acids is 2. The SMILES string of the molecule is CC(C)(C)NC(=O)c1ccc(NCC(=O)Nc2ccc(OCCOc3ccccc3)cc2)cc1. The van der Waals surface area contributed by atoms with Crippen LogP contribution < -0.4 is 25.4 Å². The van der Waals surface area contributed by atoms with E-state index in [0.717, 1.165) is 11.4 Å². The van der Waals surface area contributed by atoms with Crippen LogP contribution in [0.5, 0.6) is 11.5 Å². The van der Waals surface area contributed by atoms with Crippen molar-refractivity contribution in [3.05, 3.63) is 84.4 Å². The van der Waals surface area contributed by atoms with E-state index in [-0.39, 0.29) is 23.9 Å². The van der Waals surface area contributed by atoms with Gasteiger partial charge in [-0.25, -0.2) is 0 Å². The molecule has 0 heterocycles. The maximum atomic E-state index is 12.3. The summed E-state index contributed by atoms with van der Waals surface area (Å²) in [4.78, 5) is 24.4. The lowest BCUT2D eigenvalue weighted by Crippen LogP contribution is -2.40. The molecule has 34 heavy (non-hydrogen) atoms. The van der Waals surface area contributed by atoms with Crippen LogP contribution in [0.1, 0.15) is 31.1 Å². The maximum absolute atomic E-state index is 12.3. The monoisotopic (exact) mass is 461 g/mol. The standard InChI is InChI=1S/C27H31N3O4/c1-27(2,3)30-26(32)20-9-11-21(12-10-20)28-19-25(31)29-22-13-15-24(16-14-22)34-18-17-33-23-7-5-4-6-8-23/h4-16,28H,17-19H2,1-3H3,(H,29,31)(H,30,32). The number of nitrogens with one attached hydrogen (secondary N) is 3. The average Bonchev–Trinajstić information content (AvgIpc) is 2.81. The molecule has 0 saturated heterocycles. The molecule has 0 unspecified atom stereocenters. The van der Waals surface area contributed by atoms with Crippen molar-refractivity contribution in [1.29, 1.82) is 0 Å². The van der Waals surface area contributed by atoms with Gasteiger partial charge in [-0.05, 0) is 81.4 Å². The van der Waals surface area contributed by atoms with Crippen LogP contribution in [-0.4, -0.2) is 37.1 Å². The molecule has 0 radical (unpaired) electrons. The molecular formula is C27H31N3O4. The second-order valence-corrected chi connectivity index (χ2v) is 8.72. The summed E-state index contributed by atoms with van der Waals surface area (Å²) in [5.41, 5.74) is 1.70. The van der Waals surface area contributed by atoms with Gasteiger partial charge in [-0.2, -0.15) is 0 Å². The van der Waals surface area contributed by atoms with E-state index in [0.29, 0.717) is 30.2 Å². The second-order valence-electron chi connectivity index (χ2n) is 8.72. The Kier molecular flexibility index (Phi) is 8.51. The van der Waals surface area contributed by atoms with Gasteiger partial charge in [-0.15, -0.1) is 0 Å². The third-order valence-electron chi connectivity index (χ3n) is 4.59. The fourth-order valence-corrected chi connectivity index (χ4v) is 3.01. The van der Waals surface area contributed by atoms with Gasteiger partial charge in [-0.3, -0.25) is 9.59 Å². The van der Waals surface area contributed by atoms with E-state index in [4.69, 9.17) is 9.47 Å². The Morgan fingerprint density at radius 2 is 1.29 bits per heavy atom. The molecule has 0 aliphatic heterocycles. The number of carbonyl (C=O) groups is 2. The van der Waals surface area contributed by atoms with Crippen LogP contribution in [0.25, 0.3) is 0 Å². The van der Waals surface area contributed by atoms with Crippen LogP contribution in [0, 0.1) is 0 Å². The van der Waals surface area contributed by atoms with Crippen molar-refractivity contribution < 1.29 is 19.1 Å². The zero-order valence-corrected chi connectivity index (χ0v) is 19.8. The van der Waals surface area contributed by atoms with Gasteiger partial charge in [-0.1, -0.05) is 18.2 Å². The topological polar surface area (TPSA) is 88.7 Å². The molecule has 178 valence electrons. The molecule has 3 N–H and O–H groups in total. The summed E-state index contributed by atoms with van der Waals surface area (Å²) >= 11 is 0. The lowest BCUT2D eigenvalue weighted by Gasteiger charge is -2.20. The summed E-state index contributed by atoms with van der Waals surface area (Å²) in [6, 6.07) is 23.7. The van der Waals surface area contributed by atoms with Crippen molar-refractivity contribution in [2.45, 2.75) is 26.3 Å². The smallest absolute Gasteiger partial charge is 0.251 e. The first-order chi connectivity index (χ1) is 16.3. The molecule has 0 spiro atoms. The van der Waals surface area contributed by atoms with Gasteiger partial charge in [0.15, 0.2) is 0 Å². The number of benzene rings is 3. The molecule has 3 rings (SSSR count). The highest BCUT2D eigenvalue weighted by molar-refractivity contribution is 5.95. The third-order valence-corrected chi connectivity index (χ3v) is 4.59. The fourth-order valence-electron chi connectivity index (χ4n) is 3.01. The van der Waals surface area contributed by atoms with Gasteiger partial charge < -0.3 is 25.4 Å². The summed E-state index contributed by atoms with van der Waals surface area (Å²) in [7, 11) is 0. The highest BCUT2D eigenvalue weighted by Gasteiger charge is 2.15. The Balaban J connectivity index is 1.38. The Bertz CT molecular complexity index is 1060. The number of anilines is 2. The van der Waals surface area contributed by atoms with Gasteiger partial charge in [0.25, 0.3) is 5.91 Å². The Hall–Kier alpha value is -4.00. The summed E-state index contributed by atoms with van der Waals surface area (Å²) in [5.74, 6) is 1.19. The average molecular weight is 462 g/mol. The second kappa shape index (κ2) is 11.7. The molecule has 7 heteroatoms. The molecule has 0 atom stereocenters. The van der Waals surface area contributed by atoms with Crippen molar-refractivity contribution in [3.8, 4) is 11.5 Å². The summed E-state index contributed by atoms with van der Waals surface area (Å²) in [6.45, 7) is 6.76. The van der Waals surface area contributed by atoms with Gasteiger partial charge >= 0.3 is 0 Å². The van der Waals surface area contributed by atoms with Crippen LogP contribution in [0.3, 0.4) is 0 Å². The number of para-hydroxylation sites is 1. The lowest BCUT2D eigenvalue weighted by atomic mass is 10.1. The number of hydrogen-bond acceptors (Lipinski definition) is 5. The van der Waals surface area contributed by atoms with Crippen molar-refractivity contribution in [2.24, 2.45) is 0 Å². The molecule has 3 aromatic rings. The minimum atomic E-state index is -0.298. The van der Waals surface area contributed by atoms with Crippen LogP contribution in [0.4, 0.5) is 11.4 Å². The number of rotatable bonds is 10. The molecule has 0 aliphatic rings. The van der Waals surface area contributed by atoms with Gasteiger partial charge in [0.05, 0.1) is 6.54 Å². The van der Waals surface area contributed by atoms with Crippen LogP contribution >= 0.6 is 0 Å². The zero-order chi connectivity index (χ0) is 24.4. The molecule has 7 nitrogen and oxygen atoms in total. The largest absolute Gasteiger partial charge is 0.490 e. The first kappa shape index (κ1) is 24.6. The zero-order valence-electron chi connectivity index (χ0n) is 19.8. The lowest BCUT2D eigenvalue weighted by molar-refractivity contribution is -0.114. The van der Waals surface area contributed by atoms with Crippen LogP contribution in [0.2, 0.25) is 0 Å². The Morgan fingerprint density at radius 3 is 1.88 bits per heavy atom. The van der Waals surface area contributed by atoms with Crippen molar-refractivity contribution >= 4 is 23.2 Å². The van der Waals surface area contributed by atoms with E-state index < -0.39 is 0 Å². The highest BCUT2D eigenvalue weighted by atomic mass is 16.5. The van der Waals surface area contributed by atoms with Crippen LogP contribution in [-0.2, 0) is 4.79 Å². The minimum Gasteiger partial charge on any atom is -0.490 e. The molecule has 3 aromatic carbocycles. The maximum Gasteiger partial charge on any atom is 0.251 e. The molecule has 0 bridgehead atoms. The number of hydrogen-bond donors (Lipinski definition) is 3. The molecular weight excluding hydrogens is 430 g/mol. The quantitative estimate of drug-likeness (QED) is 0.380. The molecule has 2 amide bonds. The summed E-state index contributed by atoms with van der Waals surface area (Å²) < 4.78 is 11.3. The van der Waals surface area contributed by atoms with Gasteiger partial charge in [0.2, 0.25) is 5.91 Å². The van der Waals surface area contributed by atoms with E-state index in [1.807, 2.05) is 51.1 Å². The molecule has 0 aliphatic carbocycles. The predicted molar refractivity (Wildman–Crippen MR) is 135 cm³/mol. The van der Waals surface area contributed by atoms with Crippen molar-refractivity contribution in [2.75, 3.05) is 30.4 Å². The normalized spacial score (nSPS) is 10.8. The first-order valence-electron chi connectivity index (χ1n) is 11.2. The molecule has 0 fully saturated rings. The van der Waals surface area contributed by atoms with Crippen LogP contribution in [0.15, 0.2) is 78.9 Å². The molecule has 0 saturated carbocycles. The minimum absolute atomic E-state index is 0.0998. The summed E-state index contributed by atoms with van der Waals surface area (Å²) in [5, 5.41) is 8.81. The predicted octanol–water partition coefficient (Wildman–Crippen LogP) is 4.72. The highest BCUT2D eigenvalue weighted by Crippen LogP contribution is 2.16. The van der Waals surface area contributed by atoms with E-state index >= 15 is 0 Å². The molecule has 0 aromatic heterocycles. The number of amides is 2. The fraction of sp³-hybridized carbons (Fsp3) is 0.259. The first-order valence-corrected chi connectivity index (χ1v) is 11.2. The van der Waals surface area contributed by atoms with E-state index in [1.165, 1.54) is 0 Å². The third kappa shape index (κ3) is 8.50.